The molecule has 212 valence electrons. The minimum Gasteiger partial charge on any atom is -0.436 e. The van der Waals surface area contributed by atoms with Gasteiger partial charge in [0, 0.05) is 40.2 Å². The molecule has 0 aliphatic carbocycles. The van der Waals surface area contributed by atoms with Gasteiger partial charge in [-0.15, -0.1) is 0 Å². The summed E-state index contributed by atoms with van der Waals surface area (Å²) in [5.74, 6) is 2.41. The molecule has 5 aromatic carbocycles. The number of benzene rings is 5. The van der Waals surface area contributed by atoms with E-state index in [0.29, 0.717) is 23.4 Å². The van der Waals surface area contributed by atoms with Crippen molar-refractivity contribution in [1.82, 2.24) is 24.9 Å². The fourth-order valence-electron chi connectivity index (χ4n) is 5.37. The Kier molecular flexibility index (Phi) is 6.70. The van der Waals surface area contributed by atoms with Gasteiger partial charge in [0.05, 0.1) is 0 Å². The molecule has 0 saturated carbocycles. The zero-order valence-electron chi connectivity index (χ0n) is 24.1. The summed E-state index contributed by atoms with van der Waals surface area (Å²) in [4.78, 5) is 24.0. The molecule has 0 unspecified atom stereocenters. The van der Waals surface area contributed by atoms with Gasteiger partial charge in [0.25, 0.3) is 0 Å². The lowest BCUT2D eigenvalue weighted by Gasteiger charge is -2.12. The van der Waals surface area contributed by atoms with Crippen LogP contribution in [0, 0.1) is 0 Å². The molecule has 0 fully saturated rings. The van der Waals surface area contributed by atoms with Crippen LogP contribution in [0.2, 0.25) is 0 Å². The van der Waals surface area contributed by atoms with Crippen LogP contribution in [-0.2, 0) is 0 Å². The zero-order valence-corrected chi connectivity index (χ0v) is 24.1. The number of nitrogens with zero attached hydrogens (tertiary/aromatic N) is 5. The van der Waals surface area contributed by atoms with Crippen molar-refractivity contribution in [2.75, 3.05) is 0 Å². The van der Waals surface area contributed by atoms with E-state index in [1.54, 1.807) is 6.20 Å². The van der Waals surface area contributed by atoms with Gasteiger partial charge in [-0.1, -0.05) is 91.0 Å². The van der Waals surface area contributed by atoms with E-state index in [-0.39, 0.29) is 0 Å². The molecule has 6 heteroatoms. The summed E-state index contributed by atoms with van der Waals surface area (Å²) in [6.45, 7) is 0. The molecule has 45 heavy (non-hydrogen) atoms. The molecule has 3 aromatic heterocycles. The molecule has 8 aromatic rings. The Balaban J connectivity index is 1.30. The van der Waals surface area contributed by atoms with Crippen LogP contribution < -0.4 is 0 Å². The lowest BCUT2D eigenvalue weighted by molar-refractivity contribution is 0.620. The first-order valence-corrected chi connectivity index (χ1v) is 14.7. The van der Waals surface area contributed by atoms with Gasteiger partial charge in [0.2, 0.25) is 5.89 Å². The van der Waals surface area contributed by atoms with Gasteiger partial charge in [-0.25, -0.2) is 19.9 Å². The Morgan fingerprint density at radius 2 is 0.911 bits per heavy atom. The molecule has 3 heterocycles. The summed E-state index contributed by atoms with van der Waals surface area (Å²) in [5.41, 5.74) is 9.16. The summed E-state index contributed by atoms with van der Waals surface area (Å²) < 4.78 is 6.22. The lowest BCUT2D eigenvalue weighted by atomic mass is 9.96. The largest absolute Gasteiger partial charge is 0.436 e. The normalized spacial score (nSPS) is 11.1. The summed E-state index contributed by atoms with van der Waals surface area (Å²) in [5, 5.41) is 0. The van der Waals surface area contributed by atoms with Gasteiger partial charge in [0.15, 0.2) is 23.1 Å². The van der Waals surface area contributed by atoms with Crippen LogP contribution in [0.3, 0.4) is 0 Å². The number of hydrogen-bond donors (Lipinski definition) is 0. The third-order valence-electron chi connectivity index (χ3n) is 7.63. The van der Waals surface area contributed by atoms with E-state index in [4.69, 9.17) is 24.4 Å². The standard InChI is InChI=1S/C39H25N5O/c1-4-11-26(12-5-1)36-42-37(27-13-6-2-7-14-27)44-38(43-36)33-22-31(21-32(23-33)30-17-10-20-40-25-30)29-18-19-34-35(24-29)45-39(41-34)28-15-8-3-9-16-28/h1-25H. The van der Waals surface area contributed by atoms with Crippen molar-refractivity contribution in [3.05, 3.63) is 152 Å². The third-order valence-corrected chi connectivity index (χ3v) is 7.63. The van der Waals surface area contributed by atoms with E-state index < -0.39 is 0 Å². The topological polar surface area (TPSA) is 77.6 Å². The molecule has 8 rings (SSSR count). The minimum atomic E-state index is 0.585. The highest BCUT2D eigenvalue weighted by molar-refractivity contribution is 5.85. The molecule has 0 spiro atoms. The predicted octanol–water partition coefficient (Wildman–Crippen LogP) is 9.41. The zero-order chi connectivity index (χ0) is 30.0. The number of pyridine rings is 1. The van der Waals surface area contributed by atoms with E-state index in [9.17, 15) is 0 Å². The van der Waals surface area contributed by atoms with Crippen LogP contribution in [0.1, 0.15) is 0 Å². The lowest BCUT2D eigenvalue weighted by Crippen LogP contribution is -2.00. The van der Waals surface area contributed by atoms with Gasteiger partial charge in [-0.3, -0.25) is 4.98 Å². The van der Waals surface area contributed by atoms with Crippen LogP contribution in [0.15, 0.2) is 156 Å². The first-order valence-electron chi connectivity index (χ1n) is 14.7. The molecule has 0 bridgehead atoms. The second-order valence-corrected chi connectivity index (χ2v) is 10.6. The molecule has 0 saturated heterocycles. The fourth-order valence-corrected chi connectivity index (χ4v) is 5.37. The van der Waals surface area contributed by atoms with Crippen LogP contribution in [0.25, 0.3) is 79.0 Å². The van der Waals surface area contributed by atoms with Gasteiger partial charge >= 0.3 is 0 Å². The second kappa shape index (κ2) is 11.4. The Labute approximate surface area is 259 Å². The van der Waals surface area contributed by atoms with Crippen LogP contribution >= 0.6 is 0 Å². The number of rotatable bonds is 6. The van der Waals surface area contributed by atoms with Crippen molar-refractivity contribution in [3.8, 4) is 67.9 Å². The molecule has 0 aliphatic rings. The molecule has 0 amide bonds. The first-order chi connectivity index (χ1) is 22.3. The van der Waals surface area contributed by atoms with E-state index in [2.05, 4.69) is 35.3 Å². The number of oxazole rings is 1. The van der Waals surface area contributed by atoms with Crippen molar-refractivity contribution in [2.45, 2.75) is 0 Å². The van der Waals surface area contributed by atoms with Crippen LogP contribution in [0.4, 0.5) is 0 Å². The van der Waals surface area contributed by atoms with Crippen LogP contribution in [-0.4, -0.2) is 24.9 Å². The SMILES string of the molecule is c1ccc(-c2nc(-c3ccccc3)nc(-c3cc(-c4cccnc4)cc(-c4ccc5nc(-c6ccccc6)oc5c4)c3)n2)cc1. The van der Waals surface area contributed by atoms with Gasteiger partial charge in [0.1, 0.15) is 5.52 Å². The second-order valence-electron chi connectivity index (χ2n) is 10.6. The highest BCUT2D eigenvalue weighted by Gasteiger charge is 2.16. The van der Waals surface area contributed by atoms with Crippen molar-refractivity contribution in [2.24, 2.45) is 0 Å². The van der Waals surface area contributed by atoms with Gasteiger partial charge in [-0.05, 0) is 65.2 Å². The molecule has 6 nitrogen and oxygen atoms in total. The summed E-state index contributed by atoms with van der Waals surface area (Å²) in [6, 6.07) is 46.4. The number of aromatic nitrogens is 5. The van der Waals surface area contributed by atoms with Gasteiger partial charge in [-0.2, -0.15) is 0 Å². The molecule has 0 atom stereocenters. The number of fused-ring (bicyclic) bond motifs is 1. The maximum Gasteiger partial charge on any atom is 0.227 e. The maximum absolute atomic E-state index is 6.22. The van der Waals surface area contributed by atoms with E-state index in [0.717, 1.165) is 55.6 Å². The smallest absolute Gasteiger partial charge is 0.227 e. The summed E-state index contributed by atoms with van der Waals surface area (Å²) in [6.07, 6.45) is 3.65. The van der Waals surface area contributed by atoms with Crippen molar-refractivity contribution < 1.29 is 4.42 Å². The Morgan fingerprint density at radius 3 is 1.51 bits per heavy atom. The monoisotopic (exact) mass is 579 g/mol. The van der Waals surface area contributed by atoms with E-state index in [1.807, 2.05) is 115 Å². The predicted molar refractivity (Wildman–Crippen MR) is 178 cm³/mol. The van der Waals surface area contributed by atoms with Crippen LogP contribution in [0.5, 0.6) is 0 Å². The van der Waals surface area contributed by atoms with Crippen molar-refractivity contribution in [3.63, 3.8) is 0 Å². The highest BCUT2D eigenvalue weighted by atomic mass is 16.3. The van der Waals surface area contributed by atoms with E-state index in [1.165, 1.54) is 0 Å². The Morgan fingerprint density at radius 1 is 0.378 bits per heavy atom. The average Bonchev–Trinajstić information content (AvgIpc) is 3.57. The Hall–Kier alpha value is -6.27. The number of hydrogen-bond acceptors (Lipinski definition) is 6. The van der Waals surface area contributed by atoms with Crippen molar-refractivity contribution in [1.29, 1.82) is 0 Å². The van der Waals surface area contributed by atoms with Crippen molar-refractivity contribution >= 4 is 11.1 Å². The third kappa shape index (κ3) is 5.37. The molecular weight excluding hydrogens is 554 g/mol. The van der Waals surface area contributed by atoms with Gasteiger partial charge < -0.3 is 4.42 Å². The van der Waals surface area contributed by atoms with E-state index >= 15 is 0 Å². The quantitative estimate of drug-likeness (QED) is 0.195. The first kappa shape index (κ1) is 26.4. The molecular formula is C39H25N5O. The molecule has 0 N–H and O–H groups in total. The average molecular weight is 580 g/mol. The highest BCUT2D eigenvalue weighted by Crippen LogP contribution is 2.35. The Bertz CT molecular complexity index is 2190. The molecule has 0 radical (unpaired) electrons. The minimum absolute atomic E-state index is 0.585. The summed E-state index contributed by atoms with van der Waals surface area (Å²) >= 11 is 0. The maximum atomic E-state index is 6.22. The summed E-state index contributed by atoms with van der Waals surface area (Å²) in [7, 11) is 0. The fraction of sp³-hybridized carbons (Fsp3) is 0. The molecule has 0 aliphatic heterocycles.